The number of hydrogen-bond donors (Lipinski definition) is 2. The number of halogens is 1. The van der Waals surface area contributed by atoms with Gasteiger partial charge in [0, 0.05) is 24.5 Å². The predicted molar refractivity (Wildman–Crippen MR) is 118 cm³/mol. The molecular formula is C22H20ClN3O4S. The molecule has 1 amide bonds. The SMILES string of the molecule is COc1cccc(C(NS(=O)(=O)c2cc3c(cc2Cl)CCC(=O)N3)c2cccnc2)c1. The average molecular weight is 458 g/mol. The summed E-state index contributed by atoms with van der Waals surface area (Å²) in [5.74, 6) is 0.441. The van der Waals surface area contributed by atoms with E-state index in [2.05, 4.69) is 15.0 Å². The van der Waals surface area contributed by atoms with Gasteiger partial charge in [0.15, 0.2) is 0 Å². The average Bonchev–Trinajstić information content (AvgIpc) is 2.78. The van der Waals surface area contributed by atoms with E-state index < -0.39 is 16.1 Å². The van der Waals surface area contributed by atoms with Crippen molar-refractivity contribution in [3.05, 3.63) is 82.6 Å². The molecule has 9 heteroatoms. The van der Waals surface area contributed by atoms with Gasteiger partial charge in [-0.05, 0) is 53.4 Å². The molecule has 0 saturated heterocycles. The third-order valence-corrected chi connectivity index (χ3v) is 6.95. The Balaban J connectivity index is 1.76. The van der Waals surface area contributed by atoms with Gasteiger partial charge < -0.3 is 10.1 Å². The fraction of sp³-hybridized carbons (Fsp3) is 0.182. The van der Waals surface area contributed by atoms with Gasteiger partial charge in [-0.2, -0.15) is 4.72 Å². The normalized spacial score (nSPS) is 14.5. The van der Waals surface area contributed by atoms with Crippen LogP contribution in [0.15, 0.2) is 65.8 Å². The van der Waals surface area contributed by atoms with Gasteiger partial charge in [-0.25, -0.2) is 8.42 Å². The third kappa shape index (κ3) is 4.56. The Kier molecular flexibility index (Phi) is 5.95. The molecule has 1 atom stereocenters. The van der Waals surface area contributed by atoms with Gasteiger partial charge in [0.2, 0.25) is 15.9 Å². The number of carbonyl (C=O) groups is 1. The maximum absolute atomic E-state index is 13.4. The lowest BCUT2D eigenvalue weighted by Crippen LogP contribution is -2.30. The van der Waals surface area contributed by atoms with Crippen molar-refractivity contribution in [3.63, 3.8) is 0 Å². The molecule has 7 nitrogen and oxygen atoms in total. The van der Waals surface area contributed by atoms with Crippen LogP contribution in [0.1, 0.15) is 29.2 Å². The van der Waals surface area contributed by atoms with E-state index in [1.165, 1.54) is 6.07 Å². The van der Waals surface area contributed by atoms with Gasteiger partial charge in [0.05, 0.1) is 18.2 Å². The van der Waals surface area contributed by atoms with Crippen molar-refractivity contribution < 1.29 is 17.9 Å². The number of aryl methyl sites for hydroxylation is 1. The van der Waals surface area contributed by atoms with Gasteiger partial charge in [-0.3, -0.25) is 9.78 Å². The lowest BCUT2D eigenvalue weighted by molar-refractivity contribution is -0.116. The van der Waals surface area contributed by atoms with Crippen LogP contribution in [-0.4, -0.2) is 26.4 Å². The number of fused-ring (bicyclic) bond motifs is 1. The quantitative estimate of drug-likeness (QED) is 0.588. The van der Waals surface area contributed by atoms with Crippen LogP contribution in [0.2, 0.25) is 5.02 Å². The summed E-state index contributed by atoms with van der Waals surface area (Å²) in [7, 11) is -2.51. The van der Waals surface area contributed by atoms with Gasteiger partial charge in [-0.15, -0.1) is 0 Å². The van der Waals surface area contributed by atoms with E-state index in [0.29, 0.717) is 35.4 Å². The van der Waals surface area contributed by atoms with Crippen LogP contribution in [0.3, 0.4) is 0 Å². The molecule has 0 radical (unpaired) electrons. The number of pyridine rings is 1. The highest BCUT2D eigenvalue weighted by molar-refractivity contribution is 7.89. The molecule has 1 unspecified atom stereocenters. The minimum atomic E-state index is -4.06. The Morgan fingerprint density at radius 2 is 1.94 bits per heavy atom. The fourth-order valence-corrected chi connectivity index (χ4v) is 5.29. The van der Waals surface area contributed by atoms with Gasteiger partial charge in [0.25, 0.3) is 0 Å². The first-order chi connectivity index (χ1) is 14.9. The topological polar surface area (TPSA) is 97.4 Å². The summed E-state index contributed by atoms with van der Waals surface area (Å²) in [5, 5.41) is 2.81. The first kappa shape index (κ1) is 21.3. The molecule has 0 spiro atoms. The van der Waals surface area contributed by atoms with E-state index in [9.17, 15) is 13.2 Å². The molecule has 2 aromatic carbocycles. The fourth-order valence-electron chi connectivity index (χ4n) is 3.50. The van der Waals surface area contributed by atoms with Crippen LogP contribution >= 0.6 is 11.6 Å². The zero-order valence-electron chi connectivity index (χ0n) is 16.6. The molecule has 1 aliphatic rings. The summed E-state index contributed by atoms with van der Waals surface area (Å²) >= 11 is 6.34. The molecule has 3 aromatic rings. The lowest BCUT2D eigenvalue weighted by Gasteiger charge is -2.22. The molecule has 0 fully saturated rings. The molecule has 0 saturated carbocycles. The summed E-state index contributed by atoms with van der Waals surface area (Å²) in [6.45, 7) is 0. The van der Waals surface area contributed by atoms with Crippen LogP contribution in [0.25, 0.3) is 0 Å². The molecule has 4 rings (SSSR count). The van der Waals surface area contributed by atoms with E-state index >= 15 is 0 Å². The summed E-state index contributed by atoms with van der Waals surface area (Å²) < 4.78 is 34.8. The number of methoxy groups -OCH3 is 1. The number of aromatic nitrogens is 1. The molecular weight excluding hydrogens is 438 g/mol. The maximum atomic E-state index is 13.4. The predicted octanol–water partition coefficient (Wildman–Crippen LogP) is 3.70. The van der Waals surface area contributed by atoms with Crippen molar-refractivity contribution >= 4 is 33.2 Å². The standard InChI is InChI=1S/C22H20ClN3O4S/c1-30-17-6-2-4-15(10-17)22(16-5-3-9-24-13-16)26-31(28,29)20-12-19-14(11-18(20)23)7-8-21(27)25-19/h2-6,9-13,22,26H,7-8H2,1H3,(H,25,27). The summed E-state index contributed by atoms with van der Waals surface area (Å²) in [6, 6.07) is 12.9. The first-order valence-corrected chi connectivity index (χ1v) is 11.4. The molecule has 1 aliphatic heterocycles. The number of ether oxygens (including phenoxy) is 1. The van der Waals surface area contributed by atoms with Crippen molar-refractivity contribution in [2.75, 3.05) is 12.4 Å². The van der Waals surface area contributed by atoms with Crippen molar-refractivity contribution in [1.82, 2.24) is 9.71 Å². The Labute approximate surface area is 185 Å². The molecule has 2 N–H and O–H groups in total. The Hall–Kier alpha value is -2.94. The zero-order valence-corrected chi connectivity index (χ0v) is 18.2. The van der Waals surface area contributed by atoms with Crippen LogP contribution in [0.5, 0.6) is 5.75 Å². The first-order valence-electron chi connectivity index (χ1n) is 9.56. The maximum Gasteiger partial charge on any atom is 0.242 e. The highest BCUT2D eigenvalue weighted by Crippen LogP contribution is 2.33. The number of benzene rings is 2. The molecule has 160 valence electrons. The van der Waals surface area contributed by atoms with Crippen molar-refractivity contribution in [2.24, 2.45) is 0 Å². The molecule has 0 bridgehead atoms. The van der Waals surface area contributed by atoms with E-state index in [-0.39, 0.29) is 15.8 Å². The van der Waals surface area contributed by atoms with Crippen molar-refractivity contribution in [2.45, 2.75) is 23.8 Å². The minimum Gasteiger partial charge on any atom is -0.497 e. The second kappa shape index (κ2) is 8.66. The summed E-state index contributed by atoms with van der Waals surface area (Å²) in [4.78, 5) is 15.8. The van der Waals surface area contributed by atoms with Gasteiger partial charge in [0.1, 0.15) is 10.6 Å². The largest absolute Gasteiger partial charge is 0.497 e. The van der Waals surface area contributed by atoms with E-state index in [4.69, 9.17) is 16.3 Å². The van der Waals surface area contributed by atoms with Gasteiger partial charge >= 0.3 is 0 Å². The van der Waals surface area contributed by atoms with Crippen molar-refractivity contribution in [3.8, 4) is 5.75 Å². The Bertz CT molecular complexity index is 1230. The van der Waals surface area contributed by atoms with Crippen LogP contribution in [0.4, 0.5) is 5.69 Å². The smallest absolute Gasteiger partial charge is 0.242 e. The van der Waals surface area contributed by atoms with Crippen LogP contribution in [0, 0.1) is 0 Å². The second-order valence-electron chi connectivity index (χ2n) is 7.11. The number of nitrogens with zero attached hydrogens (tertiary/aromatic N) is 1. The minimum absolute atomic E-state index is 0.0953. The number of hydrogen-bond acceptors (Lipinski definition) is 5. The number of carbonyl (C=O) groups excluding carboxylic acids is 1. The molecule has 2 heterocycles. The van der Waals surface area contributed by atoms with Gasteiger partial charge in [-0.1, -0.05) is 29.8 Å². The number of nitrogens with one attached hydrogen (secondary N) is 2. The number of amides is 1. The van der Waals surface area contributed by atoms with E-state index in [1.807, 2.05) is 0 Å². The number of rotatable bonds is 6. The number of sulfonamides is 1. The zero-order chi connectivity index (χ0) is 22.0. The molecule has 0 aliphatic carbocycles. The number of anilines is 1. The van der Waals surface area contributed by atoms with Crippen LogP contribution in [-0.2, 0) is 21.2 Å². The van der Waals surface area contributed by atoms with Crippen LogP contribution < -0.4 is 14.8 Å². The van der Waals surface area contributed by atoms with E-state index in [0.717, 1.165) is 5.56 Å². The molecule has 1 aromatic heterocycles. The summed E-state index contributed by atoms with van der Waals surface area (Å²) in [5.41, 5.74) is 2.60. The third-order valence-electron chi connectivity index (χ3n) is 5.06. The van der Waals surface area contributed by atoms with E-state index in [1.54, 1.807) is 62.0 Å². The summed E-state index contributed by atoms with van der Waals surface area (Å²) in [6.07, 6.45) is 4.06. The second-order valence-corrected chi connectivity index (χ2v) is 9.19. The highest BCUT2D eigenvalue weighted by atomic mass is 35.5. The lowest BCUT2D eigenvalue weighted by atomic mass is 10.0. The Morgan fingerprint density at radius 1 is 1.13 bits per heavy atom. The highest BCUT2D eigenvalue weighted by Gasteiger charge is 2.27. The monoisotopic (exact) mass is 457 g/mol. The Morgan fingerprint density at radius 3 is 2.68 bits per heavy atom. The van der Waals surface area contributed by atoms with Crippen molar-refractivity contribution in [1.29, 1.82) is 0 Å². The molecule has 31 heavy (non-hydrogen) atoms.